The zero-order valence-electron chi connectivity index (χ0n) is 11.6. The molecule has 0 bridgehead atoms. The Labute approximate surface area is 123 Å². The van der Waals surface area contributed by atoms with Crippen LogP contribution in [0.4, 0.5) is 5.69 Å². The van der Waals surface area contributed by atoms with Gasteiger partial charge in [-0.1, -0.05) is 30.3 Å². The van der Waals surface area contributed by atoms with Gasteiger partial charge in [-0.3, -0.25) is 10.1 Å². The van der Waals surface area contributed by atoms with E-state index < -0.39 is 4.92 Å². The van der Waals surface area contributed by atoms with Crippen LogP contribution in [0.5, 0.6) is 5.75 Å². The number of hydrogen-bond acceptors (Lipinski definition) is 4. The summed E-state index contributed by atoms with van der Waals surface area (Å²) in [5, 5.41) is 20.0. The minimum Gasteiger partial charge on any atom is -0.487 e. The zero-order valence-corrected chi connectivity index (χ0v) is 11.6. The number of nitro groups is 1. The van der Waals surface area contributed by atoms with E-state index in [9.17, 15) is 10.1 Å². The number of rotatable bonds is 7. The van der Waals surface area contributed by atoms with Crippen molar-refractivity contribution >= 4 is 5.69 Å². The molecule has 5 nitrogen and oxygen atoms in total. The fourth-order valence-electron chi connectivity index (χ4n) is 2.03. The fraction of sp³-hybridized carbons (Fsp3) is 0.250. The molecular formula is C16H17NO4. The van der Waals surface area contributed by atoms with E-state index in [0.717, 1.165) is 12.8 Å². The Morgan fingerprint density at radius 3 is 2.52 bits per heavy atom. The predicted octanol–water partition coefficient (Wildman–Crippen LogP) is 3.10. The first-order valence-corrected chi connectivity index (χ1v) is 6.75. The van der Waals surface area contributed by atoms with Gasteiger partial charge in [0.05, 0.1) is 18.1 Å². The normalized spacial score (nSPS) is 10.3. The lowest BCUT2D eigenvalue weighted by Gasteiger charge is -2.08. The van der Waals surface area contributed by atoms with Gasteiger partial charge in [-0.25, -0.2) is 0 Å². The predicted molar refractivity (Wildman–Crippen MR) is 79.3 cm³/mol. The van der Waals surface area contributed by atoms with Gasteiger partial charge in [0.25, 0.3) is 0 Å². The Kier molecular flexibility index (Phi) is 5.29. The van der Waals surface area contributed by atoms with Crippen LogP contribution in [-0.4, -0.2) is 16.6 Å². The maximum atomic E-state index is 10.9. The van der Waals surface area contributed by atoms with Crippen molar-refractivity contribution in [1.82, 2.24) is 0 Å². The number of hydrogen-bond donors (Lipinski definition) is 1. The number of aryl methyl sites for hydroxylation is 1. The molecule has 110 valence electrons. The lowest BCUT2D eigenvalue weighted by Crippen LogP contribution is -2.02. The molecule has 5 heteroatoms. The maximum absolute atomic E-state index is 10.9. The van der Waals surface area contributed by atoms with Gasteiger partial charge in [-0.15, -0.1) is 0 Å². The summed E-state index contributed by atoms with van der Waals surface area (Å²) in [5.41, 5.74) is 1.73. The first-order chi connectivity index (χ1) is 10.2. The largest absolute Gasteiger partial charge is 0.487 e. The van der Waals surface area contributed by atoms with E-state index >= 15 is 0 Å². The molecule has 2 aromatic rings. The van der Waals surface area contributed by atoms with E-state index in [-0.39, 0.29) is 18.0 Å². The summed E-state index contributed by atoms with van der Waals surface area (Å²) in [6, 6.07) is 14.4. The van der Waals surface area contributed by atoms with Gasteiger partial charge >= 0.3 is 5.69 Å². The van der Waals surface area contributed by atoms with Crippen LogP contribution in [0.3, 0.4) is 0 Å². The SMILES string of the molecule is O=[N+]([O-])c1ccc(CO)cc1OCCCc1ccccc1. The molecule has 2 aromatic carbocycles. The molecule has 0 aliphatic heterocycles. The Hall–Kier alpha value is -2.40. The van der Waals surface area contributed by atoms with Crippen LogP contribution >= 0.6 is 0 Å². The van der Waals surface area contributed by atoms with Crippen LogP contribution < -0.4 is 4.74 Å². The van der Waals surface area contributed by atoms with Crippen molar-refractivity contribution < 1.29 is 14.8 Å². The standard InChI is InChI=1S/C16H17NO4/c18-12-14-8-9-15(17(19)20)16(11-14)21-10-4-7-13-5-2-1-3-6-13/h1-3,5-6,8-9,11,18H,4,7,10,12H2. The smallest absolute Gasteiger partial charge is 0.310 e. The van der Waals surface area contributed by atoms with Crippen molar-refractivity contribution in [2.24, 2.45) is 0 Å². The third-order valence-electron chi connectivity index (χ3n) is 3.11. The Balaban J connectivity index is 1.94. The maximum Gasteiger partial charge on any atom is 0.310 e. The molecule has 0 aromatic heterocycles. The molecule has 0 aliphatic carbocycles. The van der Waals surface area contributed by atoms with Gasteiger partial charge in [0.2, 0.25) is 0 Å². The van der Waals surface area contributed by atoms with Gasteiger partial charge in [-0.2, -0.15) is 0 Å². The Morgan fingerprint density at radius 2 is 1.86 bits per heavy atom. The van der Waals surface area contributed by atoms with E-state index in [1.165, 1.54) is 23.8 Å². The summed E-state index contributed by atoms with van der Waals surface area (Å²) in [4.78, 5) is 10.5. The van der Waals surface area contributed by atoms with E-state index in [1.807, 2.05) is 30.3 Å². The summed E-state index contributed by atoms with van der Waals surface area (Å²) in [6.07, 6.45) is 1.62. The van der Waals surface area contributed by atoms with Crippen molar-refractivity contribution in [3.05, 3.63) is 69.8 Å². The van der Waals surface area contributed by atoms with Gasteiger partial charge in [-0.05, 0) is 36.1 Å². The molecule has 0 fully saturated rings. The average molecular weight is 287 g/mol. The van der Waals surface area contributed by atoms with E-state index in [0.29, 0.717) is 12.2 Å². The van der Waals surface area contributed by atoms with Gasteiger partial charge < -0.3 is 9.84 Å². The van der Waals surface area contributed by atoms with Crippen LogP contribution in [0.15, 0.2) is 48.5 Å². The topological polar surface area (TPSA) is 72.6 Å². The molecule has 21 heavy (non-hydrogen) atoms. The summed E-state index contributed by atoms with van der Waals surface area (Å²) in [5.74, 6) is 0.208. The first kappa shape index (κ1) is 15.0. The molecule has 1 N–H and O–H groups in total. The average Bonchev–Trinajstić information content (AvgIpc) is 2.52. The molecule has 0 saturated carbocycles. The third kappa shape index (κ3) is 4.29. The molecule has 0 amide bonds. The summed E-state index contributed by atoms with van der Waals surface area (Å²) in [7, 11) is 0. The molecule has 0 unspecified atom stereocenters. The van der Waals surface area contributed by atoms with Crippen LogP contribution in [-0.2, 0) is 13.0 Å². The molecule has 0 saturated heterocycles. The molecular weight excluding hydrogens is 270 g/mol. The highest BCUT2D eigenvalue weighted by molar-refractivity contribution is 5.48. The Bertz CT molecular complexity index is 598. The zero-order chi connectivity index (χ0) is 15.1. The fourth-order valence-corrected chi connectivity index (χ4v) is 2.03. The van der Waals surface area contributed by atoms with Crippen molar-refractivity contribution in [2.45, 2.75) is 19.4 Å². The monoisotopic (exact) mass is 287 g/mol. The second-order valence-corrected chi connectivity index (χ2v) is 4.65. The van der Waals surface area contributed by atoms with Gasteiger partial charge in [0.15, 0.2) is 5.75 Å². The molecule has 2 rings (SSSR count). The number of benzene rings is 2. The summed E-state index contributed by atoms with van der Waals surface area (Å²) < 4.78 is 5.51. The number of nitro benzene ring substituents is 1. The van der Waals surface area contributed by atoms with Crippen molar-refractivity contribution in [2.75, 3.05) is 6.61 Å². The van der Waals surface area contributed by atoms with Crippen LogP contribution in [0, 0.1) is 10.1 Å². The molecule has 0 atom stereocenters. The van der Waals surface area contributed by atoms with Crippen molar-refractivity contribution in [1.29, 1.82) is 0 Å². The highest BCUT2D eigenvalue weighted by Gasteiger charge is 2.15. The van der Waals surface area contributed by atoms with Crippen LogP contribution in [0.25, 0.3) is 0 Å². The molecule has 0 aliphatic rings. The second kappa shape index (κ2) is 7.40. The lowest BCUT2D eigenvalue weighted by atomic mass is 10.1. The number of nitrogens with zero attached hydrogens (tertiary/aromatic N) is 1. The van der Waals surface area contributed by atoms with E-state index in [2.05, 4.69) is 0 Å². The number of ether oxygens (including phenoxy) is 1. The molecule has 0 radical (unpaired) electrons. The lowest BCUT2D eigenvalue weighted by molar-refractivity contribution is -0.385. The van der Waals surface area contributed by atoms with Gasteiger partial charge in [0.1, 0.15) is 0 Å². The number of aliphatic hydroxyl groups excluding tert-OH is 1. The van der Waals surface area contributed by atoms with E-state index in [4.69, 9.17) is 9.84 Å². The molecule has 0 heterocycles. The molecule has 0 spiro atoms. The minimum absolute atomic E-state index is 0.0769. The highest BCUT2D eigenvalue weighted by atomic mass is 16.6. The number of aliphatic hydroxyl groups is 1. The third-order valence-corrected chi connectivity index (χ3v) is 3.11. The summed E-state index contributed by atoms with van der Waals surface area (Å²) in [6.45, 7) is 0.225. The summed E-state index contributed by atoms with van der Waals surface area (Å²) >= 11 is 0. The van der Waals surface area contributed by atoms with Crippen molar-refractivity contribution in [3.8, 4) is 5.75 Å². The van der Waals surface area contributed by atoms with E-state index in [1.54, 1.807) is 0 Å². The quantitative estimate of drug-likeness (QED) is 0.482. The van der Waals surface area contributed by atoms with Gasteiger partial charge in [0, 0.05) is 6.07 Å². The highest BCUT2D eigenvalue weighted by Crippen LogP contribution is 2.28. The first-order valence-electron chi connectivity index (χ1n) is 6.75. The minimum atomic E-state index is -0.478. The Morgan fingerprint density at radius 1 is 1.10 bits per heavy atom. The van der Waals surface area contributed by atoms with Crippen LogP contribution in [0.2, 0.25) is 0 Å². The van der Waals surface area contributed by atoms with Crippen LogP contribution in [0.1, 0.15) is 17.5 Å². The second-order valence-electron chi connectivity index (χ2n) is 4.65. The van der Waals surface area contributed by atoms with Crippen molar-refractivity contribution in [3.63, 3.8) is 0 Å².